The highest BCUT2D eigenvalue weighted by Crippen LogP contribution is 2.39. The van der Waals surface area contributed by atoms with E-state index in [2.05, 4.69) is 11.0 Å². The summed E-state index contributed by atoms with van der Waals surface area (Å²) in [7, 11) is 0. The molecule has 1 N–H and O–H groups in total. The van der Waals surface area contributed by atoms with Crippen LogP contribution in [0, 0.1) is 0 Å². The van der Waals surface area contributed by atoms with Crippen molar-refractivity contribution in [1.29, 1.82) is 0 Å². The highest BCUT2D eigenvalue weighted by atomic mass is 16.5. The average molecular weight is 233 g/mol. The average Bonchev–Trinajstić information content (AvgIpc) is 2.59. The fraction of sp³-hybridized carbons (Fsp3) is 0.571. The molecule has 3 rings (SSSR count). The third-order valence-electron chi connectivity index (χ3n) is 3.91. The molecule has 1 aromatic rings. The topological polar surface area (TPSA) is 32.7 Å². The first kappa shape index (κ1) is 11.1. The number of hydrogen-bond acceptors (Lipinski definition) is 3. The van der Waals surface area contributed by atoms with Gasteiger partial charge in [0.15, 0.2) is 0 Å². The van der Waals surface area contributed by atoms with Crippen LogP contribution in [0.3, 0.4) is 0 Å². The van der Waals surface area contributed by atoms with Gasteiger partial charge in [-0.1, -0.05) is 12.1 Å². The summed E-state index contributed by atoms with van der Waals surface area (Å²) in [6, 6.07) is 6.41. The molecule has 0 saturated carbocycles. The second-order valence-electron chi connectivity index (χ2n) is 4.90. The Labute approximate surface area is 102 Å². The predicted octanol–water partition coefficient (Wildman–Crippen LogP) is 2.10. The van der Waals surface area contributed by atoms with Crippen LogP contribution in [0.2, 0.25) is 0 Å². The number of ether oxygens (including phenoxy) is 1. The van der Waals surface area contributed by atoms with Crippen molar-refractivity contribution in [3.63, 3.8) is 0 Å². The molecule has 0 spiro atoms. The Morgan fingerprint density at radius 1 is 1.24 bits per heavy atom. The lowest BCUT2D eigenvalue weighted by Gasteiger charge is -2.27. The molecule has 0 radical (unpaired) electrons. The molecule has 3 heteroatoms. The molecule has 0 amide bonds. The molecule has 3 nitrogen and oxygen atoms in total. The minimum absolute atomic E-state index is 0.469. The van der Waals surface area contributed by atoms with E-state index in [4.69, 9.17) is 4.74 Å². The van der Waals surface area contributed by atoms with E-state index in [0.717, 1.165) is 51.1 Å². The van der Waals surface area contributed by atoms with Crippen molar-refractivity contribution in [2.75, 3.05) is 26.3 Å². The van der Waals surface area contributed by atoms with Gasteiger partial charge in [0, 0.05) is 25.7 Å². The maximum atomic E-state index is 9.86. The zero-order valence-corrected chi connectivity index (χ0v) is 10.1. The molecule has 92 valence electrons. The Morgan fingerprint density at radius 3 is 3.12 bits per heavy atom. The number of phenolic OH excluding ortho intramolecular Hbond substituents is 1. The van der Waals surface area contributed by atoms with Gasteiger partial charge in [-0.15, -0.1) is 0 Å². The number of phenols is 1. The van der Waals surface area contributed by atoms with E-state index in [0.29, 0.717) is 11.8 Å². The van der Waals surface area contributed by atoms with Crippen LogP contribution in [0.1, 0.15) is 30.0 Å². The summed E-state index contributed by atoms with van der Waals surface area (Å²) in [4.78, 5) is 2.51. The molecular formula is C14H19NO2. The minimum atomic E-state index is 0.469. The summed E-state index contributed by atoms with van der Waals surface area (Å²) in [6.45, 7) is 3.85. The van der Waals surface area contributed by atoms with Gasteiger partial charge in [-0.25, -0.2) is 0 Å². The van der Waals surface area contributed by atoms with Crippen LogP contribution in [0.5, 0.6) is 5.75 Å². The van der Waals surface area contributed by atoms with Gasteiger partial charge >= 0.3 is 0 Å². The van der Waals surface area contributed by atoms with E-state index in [9.17, 15) is 5.11 Å². The van der Waals surface area contributed by atoms with Crippen molar-refractivity contribution < 1.29 is 9.84 Å². The second kappa shape index (κ2) is 4.67. The SMILES string of the molecule is Oc1cccc2c1CCC2N1CCCOCC1. The largest absolute Gasteiger partial charge is 0.508 e. The zero-order valence-electron chi connectivity index (χ0n) is 10.1. The Morgan fingerprint density at radius 2 is 2.18 bits per heavy atom. The molecule has 0 bridgehead atoms. The number of benzene rings is 1. The molecule has 1 fully saturated rings. The summed E-state index contributed by atoms with van der Waals surface area (Å²) in [5, 5.41) is 9.86. The van der Waals surface area contributed by atoms with Crippen molar-refractivity contribution in [3.05, 3.63) is 29.3 Å². The lowest BCUT2D eigenvalue weighted by atomic mass is 10.1. The fourth-order valence-electron chi connectivity index (χ4n) is 3.07. The molecule has 1 heterocycles. The van der Waals surface area contributed by atoms with Crippen molar-refractivity contribution in [2.45, 2.75) is 25.3 Å². The van der Waals surface area contributed by atoms with Crippen LogP contribution < -0.4 is 0 Å². The first-order valence-electron chi connectivity index (χ1n) is 6.49. The van der Waals surface area contributed by atoms with E-state index < -0.39 is 0 Å². The van der Waals surface area contributed by atoms with Crippen molar-refractivity contribution in [2.24, 2.45) is 0 Å². The molecule has 1 aliphatic heterocycles. The highest BCUT2D eigenvalue weighted by molar-refractivity contribution is 5.44. The predicted molar refractivity (Wildman–Crippen MR) is 66.2 cm³/mol. The number of fused-ring (bicyclic) bond motifs is 1. The minimum Gasteiger partial charge on any atom is -0.508 e. The zero-order chi connectivity index (χ0) is 11.7. The van der Waals surface area contributed by atoms with Crippen LogP contribution in [-0.4, -0.2) is 36.3 Å². The van der Waals surface area contributed by atoms with E-state index >= 15 is 0 Å². The van der Waals surface area contributed by atoms with Gasteiger partial charge in [-0.05, 0) is 36.5 Å². The lowest BCUT2D eigenvalue weighted by Crippen LogP contribution is -2.29. The van der Waals surface area contributed by atoms with Crippen LogP contribution in [0.4, 0.5) is 0 Å². The van der Waals surface area contributed by atoms with Crippen molar-refractivity contribution in [3.8, 4) is 5.75 Å². The summed E-state index contributed by atoms with van der Waals surface area (Å²) in [5.41, 5.74) is 2.48. The van der Waals surface area contributed by atoms with Gasteiger partial charge in [-0.3, -0.25) is 4.90 Å². The van der Waals surface area contributed by atoms with Crippen LogP contribution >= 0.6 is 0 Å². The fourth-order valence-corrected chi connectivity index (χ4v) is 3.07. The molecule has 1 aliphatic carbocycles. The van der Waals surface area contributed by atoms with E-state index in [1.165, 1.54) is 5.56 Å². The number of rotatable bonds is 1. The van der Waals surface area contributed by atoms with Crippen LogP contribution in [-0.2, 0) is 11.2 Å². The number of hydrogen-bond donors (Lipinski definition) is 1. The van der Waals surface area contributed by atoms with Gasteiger partial charge < -0.3 is 9.84 Å². The Kier molecular flexibility index (Phi) is 3.04. The molecule has 0 aromatic heterocycles. The molecule has 17 heavy (non-hydrogen) atoms. The Bertz CT molecular complexity index is 397. The highest BCUT2D eigenvalue weighted by Gasteiger charge is 2.29. The van der Waals surface area contributed by atoms with Gasteiger partial charge in [0.05, 0.1) is 6.61 Å². The second-order valence-corrected chi connectivity index (χ2v) is 4.90. The number of aromatic hydroxyl groups is 1. The van der Waals surface area contributed by atoms with Crippen molar-refractivity contribution >= 4 is 0 Å². The van der Waals surface area contributed by atoms with Gasteiger partial charge in [0.1, 0.15) is 5.75 Å². The summed E-state index contributed by atoms with van der Waals surface area (Å²) in [6.07, 6.45) is 3.25. The molecule has 2 aliphatic rings. The molecule has 1 unspecified atom stereocenters. The van der Waals surface area contributed by atoms with Gasteiger partial charge in [0.25, 0.3) is 0 Å². The Balaban J connectivity index is 1.84. The first-order valence-corrected chi connectivity index (χ1v) is 6.49. The molecular weight excluding hydrogens is 214 g/mol. The lowest BCUT2D eigenvalue weighted by molar-refractivity contribution is 0.131. The standard InChI is InChI=1S/C14H19NO2/c16-14-4-1-3-11-12(14)5-6-13(11)15-7-2-9-17-10-8-15/h1,3-4,13,16H,2,5-10H2. The van der Waals surface area contributed by atoms with E-state index in [1.54, 1.807) is 6.07 Å². The third kappa shape index (κ3) is 2.05. The third-order valence-corrected chi connectivity index (χ3v) is 3.91. The summed E-state index contributed by atoms with van der Waals surface area (Å²) >= 11 is 0. The number of nitrogens with zero attached hydrogens (tertiary/aromatic N) is 1. The normalized spacial score (nSPS) is 25.5. The van der Waals surface area contributed by atoms with Crippen LogP contribution in [0.25, 0.3) is 0 Å². The molecule has 1 atom stereocenters. The quantitative estimate of drug-likeness (QED) is 0.806. The summed E-state index contributed by atoms with van der Waals surface area (Å²) < 4.78 is 5.50. The first-order chi connectivity index (χ1) is 8.36. The summed E-state index contributed by atoms with van der Waals surface area (Å²) in [5.74, 6) is 0.469. The van der Waals surface area contributed by atoms with E-state index in [-0.39, 0.29) is 0 Å². The van der Waals surface area contributed by atoms with Gasteiger partial charge in [0.2, 0.25) is 0 Å². The smallest absolute Gasteiger partial charge is 0.119 e. The molecule has 1 saturated heterocycles. The maximum absolute atomic E-state index is 9.86. The molecule has 1 aromatic carbocycles. The van der Waals surface area contributed by atoms with Crippen LogP contribution in [0.15, 0.2) is 18.2 Å². The monoisotopic (exact) mass is 233 g/mol. The van der Waals surface area contributed by atoms with Crippen molar-refractivity contribution in [1.82, 2.24) is 4.90 Å². The maximum Gasteiger partial charge on any atom is 0.119 e. The Hall–Kier alpha value is -1.06. The van der Waals surface area contributed by atoms with E-state index in [1.807, 2.05) is 6.07 Å². The van der Waals surface area contributed by atoms with Gasteiger partial charge in [-0.2, -0.15) is 0 Å².